The van der Waals surface area contributed by atoms with Crippen LogP contribution in [0.5, 0.6) is 0 Å². The Morgan fingerprint density at radius 3 is 2.76 bits per heavy atom. The minimum absolute atomic E-state index is 0.0727. The fraction of sp³-hybridized carbons (Fsp3) is 0.588. The van der Waals surface area contributed by atoms with Crippen LogP contribution in [-0.4, -0.2) is 29.1 Å². The zero-order chi connectivity index (χ0) is 15.4. The molecule has 3 atom stereocenters. The molecule has 1 aromatic carbocycles. The number of benzene rings is 1. The molecule has 1 aliphatic rings. The van der Waals surface area contributed by atoms with Crippen LogP contribution in [0.25, 0.3) is 0 Å². The summed E-state index contributed by atoms with van der Waals surface area (Å²) in [6, 6.07) is 7.62. The summed E-state index contributed by atoms with van der Waals surface area (Å²) >= 11 is 0. The van der Waals surface area contributed by atoms with Gasteiger partial charge in [0.05, 0.1) is 6.10 Å². The van der Waals surface area contributed by atoms with E-state index in [1.807, 2.05) is 36.2 Å². The molecule has 0 bridgehead atoms. The molecule has 0 spiro atoms. The number of nitrogens with one attached hydrogen (secondary N) is 1. The average molecular weight is 290 g/mol. The number of urea groups is 1. The first-order chi connectivity index (χ1) is 9.99. The number of nitrogens with zero attached hydrogens (tertiary/aromatic N) is 1. The third kappa shape index (κ3) is 3.97. The van der Waals surface area contributed by atoms with Crippen LogP contribution < -0.4 is 5.32 Å². The molecule has 1 fully saturated rings. The minimum Gasteiger partial charge on any atom is -0.389 e. The highest BCUT2D eigenvalue weighted by atomic mass is 16.3. The molecule has 0 aliphatic heterocycles. The Labute approximate surface area is 127 Å². The molecule has 0 aromatic heterocycles. The maximum atomic E-state index is 12.4. The lowest BCUT2D eigenvalue weighted by atomic mass is 9.85. The van der Waals surface area contributed by atoms with Gasteiger partial charge in [0.15, 0.2) is 0 Å². The molecule has 1 aromatic rings. The summed E-state index contributed by atoms with van der Waals surface area (Å²) < 4.78 is 0. The van der Waals surface area contributed by atoms with Crippen molar-refractivity contribution in [1.82, 2.24) is 4.90 Å². The Kier molecular flexibility index (Phi) is 5.23. The normalized spacial score (nSPS) is 23.4. The lowest BCUT2D eigenvalue weighted by molar-refractivity contribution is 0.155. The van der Waals surface area contributed by atoms with Crippen molar-refractivity contribution in [2.24, 2.45) is 5.92 Å². The van der Waals surface area contributed by atoms with E-state index in [-0.39, 0.29) is 6.03 Å². The van der Waals surface area contributed by atoms with Crippen LogP contribution in [0.15, 0.2) is 24.3 Å². The van der Waals surface area contributed by atoms with Gasteiger partial charge < -0.3 is 15.3 Å². The van der Waals surface area contributed by atoms with Crippen LogP contribution in [0.2, 0.25) is 0 Å². The number of hydrogen-bond donors (Lipinski definition) is 2. The van der Waals surface area contributed by atoms with Crippen molar-refractivity contribution in [3.05, 3.63) is 29.8 Å². The van der Waals surface area contributed by atoms with Crippen molar-refractivity contribution in [1.29, 1.82) is 0 Å². The van der Waals surface area contributed by atoms with E-state index in [9.17, 15) is 9.90 Å². The number of anilines is 1. The molecule has 116 valence electrons. The van der Waals surface area contributed by atoms with Crippen LogP contribution in [0.3, 0.4) is 0 Å². The van der Waals surface area contributed by atoms with Gasteiger partial charge in [0.2, 0.25) is 0 Å². The predicted molar refractivity (Wildman–Crippen MR) is 85.3 cm³/mol. The van der Waals surface area contributed by atoms with E-state index in [1.54, 1.807) is 6.92 Å². The Morgan fingerprint density at radius 1 is 1.38 bits per heavy atom. The largest absolute Gasteiger partial charge is 0.389 e. The average Bonchev–Trinajstić information content (AvgIpc) is 2.47. The number of carbonyl (C=O) groups excluding carboxylic acids is 1. The van der Waals surface area contributed by atoms with Gasteiger partial charge in [-0.05, 0) is 43.4 Å². The van der Waals surface area contributed by atoms with Gasteiger partial charge in [0.1, 0.15) is 0 Å². The zero-order valence-corrected chi connectivity index (χ0v) is 13.2. The van der Waals surface area contributed by atoms with E-state index < -0.39 is 6.10 Å². The second-order valence-electron chi connectivity index (χ2n) is 6.17. The van der Waals surface area contributed by atoms with Crippen LogP contribution in [0, 0.1) is 5.92 Å². The Bertz CT molecular complexity index is 487. The van der Waals surface area contributed by atoms with Gasteiger partial charge in [-0.15, -0.1) is 0 Å². The molecule has 21 heavy (non-hydrogen) atoms. The summed E-state index contributed by atoms with van der Waals surface area (Å²) in [6.45, 7) is 3.94. The van der Waals surface area contributed by atoms with E-state index in [2.05, 4.69) is 12.2 Å². The molecule has 4 nitrogen and oxygen atoms in total. The van der Waals surface area contributed by atoms with Crippen LogP contribution in [0.4, 0.5) is 10.5 Å². The van der Waals surface area contributed by atoms with E-state index in [4.69, 9.17) is 0 Å². The quantitative estimate of drug-likeness (QED) is 0.890. The monoisotopic (exact) mass is 290 g/mol. The van der Waals surface area contributed by atoms with Gasteiger partial charge in [0.25, 0.3) is 0 Å². The van der Waals surface area contributed by atoms with Crippen molar-refractivity contribution in [2.45, 2.75) is 51.7 Å². The van der Waals surface area contributed by atoms with Crippen molar-refractivity contribution in [3.8, 4) is 0 Å². The van der Waals surface area contributed by atoms with Crippen LogP contribution in [-0.2, 0) is 0 Å². The highest BCUT2D eigenvalue weighted by molar-refractivity contribution is 5.89. The number of aliphatic hydroxyl groups is 1. The van der Waals surface area contributed by atoms with Crippen molar-refractivity contribution >= 4 is 11.7 Å². The number of amides is 2. The van der Waals surface area contributed by atoms with Gasteiger partial charge in [-0.3, -0.25) is 0 Å². The van der Waals surface area contributed by atoms with Gasteiger partial charge in [-0.1, -0.05) is 31.9 Å². The Balaban J connectivity index is 2.01. The SMILES string of the molecule is CC(O)c1cccc(NC(=O)N(C)C2CCCCC2C)c1. The van der Waals surface area contributed by atoms with Gasteiger partial charge in [0, 0.05) is 18.8 Å². The summed E-state index contributed by atoms with van der Waals surface area (Å²) in [4.78, 5) is 14.2. The van der Waals surface area contributed by atoms with Crippen molar-refractivity contribution < 1.29 is 9.90 Å². The first kappa shape index (κ1) is 15.8. The summed E-state index contributed by atoms with van der Waals surface area (Å²) in [7, 11) is 1.88. The third-order valence-corrected chi connectivity index (χ3v) is 4.50. The summed E-state index contributed by atoms with van der Waals surface area (Å²) in [5.41, 5.74) is 1.54. The van der Waals surface area contributed by atoms with E-state index in [0.29, 0.717) is 12.0 Å². The lowest BCUT2D eigenvalue weighted by Gasteiger charge is -2.36. The third-order valence-electron chi connectivity index (χ3n) is 4.50. The molecule has 2 N–H and O–H groups in total. The topological polar surface area (TPSA) is 52.6 Å². The molecule has 1 aliphatic carbocycles. The molecule has 0 radical (unpaired) electrons. The number of carbonyl (C=O) groups is 1. The second kappa shape index (κ2) is 6.94. The first-order valence-corrected chi connectivity index (χ1v) is 7.81. The number of hydrogen-bond acceptors (Lipinski definition) is 2. The van der Waals surface area contributed by atoms with Crippen molar-refractivity contribution in [3.63, 3.8) is 0 Å². The predicted octanol–water partition coefficient (Wildman–Crippen LogP) is 3.78. The molecular formula is C17H26N2O2. The molecular weight excluding hydrogens is 264 g/mol. The smallest absolute Gasteiger partial charge is 0.321 e. The lowest BCUT2D eigenvalue weighted by Crippen LogP contribution is -2.44. The van der Waals surface area contributed by atoms with Crippen LogP contribution in [0.1, 0.15) is 51.2 Å². The maximum absolute atomic E-state index is 12.4. The fourth-order valence-electron chi connectivity index (χ4n) is 3.11. The number of aliphatic hydroxyl groups excluding tert-OH is 1. The Morgan fingerprint density at radius 2 is 2.10 bits per heavy atom. The first-order valence-electron chi connectivity index (χ1n) is 7.81. The molecule has 3 unspecified atom stereocenters. The molecule has 0 saturated heterocycles. The van der Waals surface area contributed by atoms with Gasteiger partial charge in [-0.2, -0.15) is 0 Å². The molecule has 1 saturated carbocycles. The molecule has 4 heteroatoms. The van der Waals surface area contributed by atoms with E-state index in [0.717, 1.165) is 17.7 Å². The summed E-state index contributed by atoms with van der Waals surface area (Å²) in [6.07, 6.45) is 4.21. The number of rotatable bonds is 3. The highest BCUT2D eigenvalue weighted by Crippen LogP contribution is 2.28. The molecule has 2 rings (SSSR count). The zero-order valence-electron chi connectivity index (χ0n) is 13.2. The van der Waals surface area contributed by atoms with Gasteiger partial charge >= 0.3 is 6.03 Å². The van der Waals surface area contributed by atoms with Crippen LogP contribution >= 0.6 is 0 Å². The summed E-state index contributed by atoms with van der Waals surface area (Å²) in [5, 5.41) is 12.5. The van der Waals surface area contributed by atoms with Gasteiger partial charge in [-0.25, -0.2) is 4.79 Å². The van der Waals surface area contributed by atoms with Crippen molar-refractivity contribution in [2.75, 3.05) is 12.4 Å². The summed E-state index contributed by atoms with van der Waals surface area (Å²) in [5.74, 6) is 0.554. The standard InChI is InChI=1S/C17H26N2O2/c1-12-7-4-5-10-16(12)19(3)17(21)18-15-9-6-8-14(11-15)13(2)20/h6,8-9,11-13,16,20H,4-5,7,10H2,1-3H3,(H,18,21). The maximum Gasteiger partial charge on any atom is 0.321 e. The molecule has 2 amide bonds. The highest BCUT2D eigenvalue weighted by Gasteiger charge is 2.27. The van der Waals surface area contributed by atoms with E-state index >= 15 is 0 Å². The fourth-order valence-corrected chi connectivity index (χ4v) is 3.11. The molecule has 0 heterocycles. The minimum atomic E-state index is -0.530. The Hall–Kier alpha value is -1.55. The van der Waals surface area contributed by atoms with E-state index in [1.165, 1.54) is 19.3 Å². The second-order valence-corrected chi connectivity index (χ2v) is 6.17.